The number of carbonyl (C=O) groups excluding carboxylic acids is 1. The summed E-state index contributed by atoms with van der Waals surface area (Å²) in [6.07, 6.45) is 0.910. The Labute approximate surface area is 109 Å². The number of thiophene rings is 1. The fourth-order valence-electron chi connectivity index (χ4n) is 2.07. The predicted octanol–water partition coefficient (Wildman–Crippen LogP) is 2.48. The van der Waals surface area contributed by atoms with Crippen molar-refractivity contribution in [2.75, 3.05) is 6.54 Å². The molecule has 1 aromatic carbocycles. The van der Waals surface area contributed by atoms with Gasteiger partial charge in [0, 0.05) is 6.42 Å². The highest BCUT2D eigenvalue weighted by atomic mass is 32.1. The number of para-hydroxylation sites is 1. The van der Waals surface area contributed by atoms with Crippen LogP contribution in [-0.4, -0.2) is 18.6 Å². The van der Waals surface area contributed by atoms with E-state index in [1.165, 1.54) is 16.9 Å². The number of amides is 1. The average molecular weight is 259 g/mol. The molecule has 0 spiro atoms. The molecule has 1 amide bonds. The van der Waals surface area contributed by atoms with Crippen molar-refractivity contribution in [3.05, 3.63) is 52.2 Å². The number of rotatable bonds is 3. The Kier molecular flexibility index (Phi) is 3.02. The van der Waals surface area contributed by atoms with Crippen molar-refractivity contribution < 1.29 is 9.53 Å². The summed E-state index contributed by atoms with van der Waals surface area (Å²) in [5.41, 5.74) is 1.22. The van der Waals surface area contributed by atoms with Crippen LogP contribution in [0.3, 0.4) is 0 Å². The lowest BCUT2D eigenvalue weighted by Gasteiger charge is -2.11. The van der Waals surface area contributed by atoms with Gasteiger partial charge in [0.1, 0.15) is 11.9 Å². The van der Waals surface area contributed by atoms with Gasteiger partial charge in [0.2, 0.25) is 0 Å². The maximum atomic E-state index is 11.8. The second-order valence-electron chi connectivity index (χ2n) is 4.24. The van der Waals surface area contributed by atoms with E-state index in [9.17, 15) is 4.79 Å². The quantitative estimate of drug-likeness (QED) is 0.919. The molecule has 1 aliphatic heterocycles. The maximum Gasteiger partial charge on any atom is 0.261 e. The number of ether oxygens (including phenoxy) is 1. The Bertz CT molecular complexity index is 526. The first kappa shape index (κ1) is 11.3. The average Bonchev–Trinajstić information content (AvgIpc) is 3.04. The highest BCUT2D eigenvalue weighted by molar-refractivity contribution is 7.12. The summed E-state index contributed by atoms with van der Waals surface area (Å²) in [5.74, 6) is 0.914. The van der Waals surface area contributed by atoms with Gasteiger partial charge in [-0.15, -0.1) is 11.3 Å². The zero-order chi connectivity index (χ0) is 12.4. The first-order chi connectivity index (χ1) is 8.83. The van der Waals surface area contributed by atoms with E-state index in [-0.39, 0.29) is 12.0 Å². The predicted molar refractivity (Wildman–Crippen MR) is 71.2 cm³/mol. The van der Waals surface area contributed by atoms with Crippen molar-refractivity contribution in [3.63, 3.8) is 0 Å². The molecule has 3 nitrogen and oxygen atoms in total. The Morgan fingerprint density at radius 2 is 2.22 bits per heavy atom. The fraction of sp³-hybridized carbons (Fsp3) is 0.214. The summed E-state index contributed by atoms with van der Waals surface area (Å²) < 4.78 is 5.76. The van der Waals surface area contributed by atoms with Crippen molar-refractivity contribution in [3.8, 4) is 5.75 Å². The van der Waals surface area contributed by atoms with Gasteiger partial charge in [0.25, 0.3) is 5.91 Å². The molecule has 3 rings (SSSR count). The summed E-state index contributed by atoms with van der Waals surface area (Å²) in [7, 11) is 0. The molecule has 18 heavy (non-hydrogen) atoms. The van der Waals surface area contributed by atoms with Crippen LogP contribution in [0, 0.1) is 0 Å². The van der Waals surface area contributed by atoms with E-state index in [1.54, 1.807) is 0 Å². The molecule has 0 bridgehead atoms. The van der Waals surface area contributed by atoms with E-state index < -0.39 is 0 Å². The van der Waals surface area contributed by atoms with Crippen LogP contribution < -0.4 is 10.1 Å². The SMILES string of the molecule is O=C(NC[C@H]1Cc2ccccc2O1)c1cccs1. The van der Waals surface area contributed by atoms with Crippen LogP contribution in [0.2, 0.25) is 0 Å². The Hall–Kier alpha value is -1.81. The lowest BCUT2D eigenvalue weighted by Crippen LogP contribution is -2.34. The molecule has 2 heterocycles. The van der Waals surface area contributed by atoms with Gasteiger partial charge in [0.05, 0.1) is 11.4 Å². The highest BCUT2D eigenvalue weighted by Gasteiger charge is 2.22. The molecule has 0 aliphatic carbocycles. The van der Waals surface area contributed by atoms with Crippen LogP contribution in [0.5, 0.6) is 5.75 Å². The summed E-state index contributed by atoms with van der Waals surface area (Å²) in [5, 5.41) is 4.81. The Morgan fingerprint density at radius 3 is 3.00 bits per heavy atom. The van der Waals surface area contributed by atoms with Gasteiger partial charge >= 0.3 is 0 Å². The van der Waals surface area contributed by atoms with Crippen molar-refractivity contribution >= 4 is 17.2 Å². The van der Waals surface area contributed by atoms with Crippen LogP contribution >= 0.6 is 11.3 Å². The number of hydrogen-bond donors (Lipinski definition) is 1. The molecule has 0 saturated carbocycles. The minimum atomic E-state index is -0.0236. The summed E-state index contributed by atoms with van der Waals surface area (Å²) in [6, 6.07) is 11.7. The van der Waals surface area contributed by atoms with Crippen LogP contribution in [0.25, 0.3) is 0 Å². The number of carbonyl (C=O) groups is 1. The Balaban J connectivity index is 1.56. The summed E-state index contributed by atoms with van der Waals surface area (Å²) in [4.78, 5) is 12.5. The van der Waals surface area contributed by atoms with Crippen molar-refractivity contribution in [1.29, 1.82) is 0 Å². The van der Waals surface area contributed by atoms with Gasteiger partial charge in [-0.2, -0.15) is 0 Å². The fourth-order valence-corrected chi connectivity index (χ4v) is 2.71. The molecule has 1 N–H and O–H groups in total. The van der Waals surface area contributed by atoms with E-state index in [0.717, 1.165) is 17.0 Å². The van der Waals surface area contributed by atoms with Crippen molar-refractivity contribution in [2.24, 2.45) is 0 Å². The topological polar surface area (TPSA) is 38.3 Å². The standard InChI is InChI=1S/C14H13NO2S/c16-14(13-6-3-7-18-13)15-9-11-8-10-4-1-2-5-12(10)17-11/h1-7,11H,8-9H2,(H,15,16)/t11-/m1/s1. The third-order valence-corrected chi connectivity index (χ3v) is 3.82. The normalized spacial score (nSPS) is 17.0. The van der Waals surface area contributed by atoms with Gasteiger partial charge < -0.3 is 10.1 Å². The van der Waals surface area contributed by atoms with Crippen LogP contribution in [-0.2, 0) is 6.42 Å². The number of hydrogen-bond acceptors (Lipinski definition) is 3. The first-order valence-corrected chi connectivity index (χ1v) is 6.77. The lowest BCUT2D eigenvalue weighted by molar-refractivity contribution is 0.0937. The minimum absolute atomic E-state index is 0.0236. The summed E-state index contributed by atoms with van der Waals surface area (Å²) >= 11 is 1.45. The van der Waals surface area contributed by atoms with E-state index in [4.69, 9.17) is 4.74 Å². The van der Waals surface area contributed by atoms with E-state index in [0.29, 0.717) is 6.54 Å². The zero-order valence-corrected chi connectivity index (χ0v) is 10.6. The van der Waals surface area contributed by atoms with Crippen LogP contribution in [0.15, 0.2) is 41.8 Å². The van der Waals surface area contributed by atoms with Crippen molar-refractivity contribution in [1.82, 2.24) is 5.32 Å². The van der Waals surface area contributed by atoms with E-state index in [2.05, 4.69) is 11.4 Å². The largest absolute Gasteiger partial charge is 0.488 e. The number of benzene rings is 1. The van der Waals surface area contributed by atoms with Crippen LogP contribution in [0.1, 0.15) is 15.2 Å². The van der Waals surface area contributed by atoms with Crippen molar-refractivity contribution in [2.45, 2.75) is 12.5 Å². The molecule has 0 radical (unpaired) electrons. The van der Waals surface area contributed by atoms with Gasteiger partial charge in [-0.05, 0) is 23.1 Å². The molecule has 1 atom stereocenters. The van der Waals surface area contributed by atoms with Gasteiger partial charge in [-0.1, -0.05) is 24.3 Å². The molecule has 0 unspecified atom stereocenters. The highest BCUT2D eigenvalue weighted by Crippen LogP contribution is 2.27. The van der Waals surface area contributed by atoms with E-state index in [1.807, 2.05) is 35.7 Å². The summed E-state index contributed by atoms with van der Waals surface area (Å²) in [6.45, 7) is 0.547. The van der Waals surface area contributed by atoms with E-state index >= 15 is 0 Å². The Morgan fingerprint density at radius 1 is 1.33 bits per heavy atom. The lowest BCUT2D eigenvalue weighted by atomic mass is 10.1. The monoisotopic (exact) mass is 259 g/mol. The second kappa shape index (κ2) is 4.82. The molecule has 4 heteroatoms. The molecule has 0 fully saturated rings. The molecular formula is C14H13NO2S. The van der Waals surface area contributed by atoms with Gasteiger partial charge in [-0.25, -0.2) is 0 Å². The third kappa shape index (κ3) is 2.24. The molecular weight excluding hydrogens is 246 g/mol. The minimum Gasteiger partial charge on any atom is -0.488 e. The molecule has 1 aliphatic rings. The first-order valence-electron chi connectivity index (χ1n) is 5.89. The third-order valence-electron chi connectivity index (χ3n) is 2.95. The maximum absolute atomic E-state index is 11.8. The number of nitrogens with one attached hydrogen (secondary N) is 1. The zero-order valence-electron chi connectivity index (χ0n) is 9.76. The van der Waals surface area contributed by atoms with Crippen LogP contribution in [0.4, 0.5) is 0 Å². The second-order valence-corrected chi connectivity index (χ2v) is 5.19. The molecule has 92 valence electrons. The number of fused-ring (bicyclic) bond motifs is 1. The molecule has 1 aromatic heterocycles. The molecule has 0 saturated heterocycles. The molecule has 2 aromatic rings. The smallest absolute Gasteiger partial charge is 0.261 e. The van der Waals surface area contributed by atoms with Gasteiger partial charge in [0.15, 0.2) is 0 Å². The van der Waals surface area contributed by atoms with Gasteiger partial charge in [-0.3, -0.25) is 4.79 Å².